The molecule has 0 aliphatic carbocycles. The highest BCUT2D eigenvalue weighted by Gasteiger charge is 2.23. The van der Waals surface area contributed by atoms with Crippen LogP contribution in [-0.2, 0) is 23.0 Å². The van der Waals surface area contributed by atoms with E-state index in [2.05, 4.69) is 16.7 Å². The van der Waals surface area contributed by atoms with Crippen molar-refractivity contribution in [2.24, 2.45) is 7.05 Å². The molecule has 3 aromatic rings. The number of rotatable bonds is 5. The van der Waals surface area contributed by atoms with Crippen LogP contribution in [0.15, 0.2) is 45.6 Å². The van der Waals surface area contributed by atoms with Crippen LogP contribution in [0.2, 0.25) is 0 Å². The maximum Gasteiger partial charge on any atom is 0.419 e. The lowest BCUT2D eigenvalue weighted by Crippen LogP contribution is -2.46. The van der Waals surface area contributed by atoms with Crippen LogP contribution in [-0.4, -0.2) is 42.3 Å². The number of benzene rings is 2. The molecule has 1 aromatic heterocycles. The number of nitrogens with one attached hydrogen (secondary N) is 2. The summed E-state index contributed by atoms with van der Waals surface area (Å²) in [6.45, 7) is 1.72. The van der Waals surface area contributed by atoms with Crippen LogP contribution in [0, 0.1) is 17.1 Å². The summed E-state index contributed by atoms with van der Waals surface area (Å²) in [5.74, 6) is -1.54. The Morgan fingerprint density at radius 1 is 1.34 bits per heavy atom. The van der Waals surface area contributed by atoms with E-state index < -0.39 is 23.7 Å². The minimum Gasteiger partial charge on any atom is -0.405 e. The maximum atomic E-state index is 14.4. The molecule has 9 heteroatoms. The quantitative estimate of drug-likeness (QED) is 0.630. The average Bonchev–Trinajstić information content (AvgIpc) is 2.98. The van der Waals surface area contributed by atoms with E-state index in [9.17, 15) is 19.2 Å². The standard InChI is InChI=1S/C23H23FN4O4/c1-28-19-11-16(10-18(24)21(19)32-23(28)30)15-5-3-14(4-6-15)9-17(12-25)27-22(29)20-13-26-7-2-8-31-20/h3-6,10-11,17,20,26H,2,7-9,13H2,1H3,(H,27,29)/t17-,20-/m0/s1. The summed E-state index contributed by atoms with van der Waals surface area (Å²) >= 11 is 0. The summed E-state index contributed by atoms with van der Waals surface area (Å²) in [4.78, 5) is 24.1. The van der Waals surface area contributed by atoms with Crippen molar-refractivity contribution >= 4 is 17.0 Å². The number of fused-ring (bicyclic) bond motifs is 1. The summed E-state index contributed by atoms with van der Waals surface area (Å²) in [5.41, 5.74) is 2.49. The second-order valence-electron chi connectivity index (χ2n) is 7.74. The first-order valence-corrected chi connectivity index (χ1v) is 10.4. The molecule has 0 saturated carbocycles. The number of hydrogen-bond donors (Lipinski definition) is 2. The second-order valence-corrected chi connectivity index (χ2v) is 7.74. The fourth-order valence-corrected chi connectivity index (χ4v) is 3.70. The summed E-state index contributed by atoms with van der Waals surface area (Å²) in [5, 5.41) is 15.4. The van der Waals surface area contributed by atoms with Gasteiger partial charge in [-0.25, -0.2) is 9.18 Å². The van der Waals surface area contributed by atoms with Gasteiger partial charge in [-0.2, -0.15) is 5.26 Å². The topological polar surface area (TPSA) is 109 Å². The van der Waals surface area contributed by atoms with E-state index in [4.69, 9.17) is 9.15 Å². The van der Waals surface area contributed by atoms with Crippen LogP contribution < -0.4 is 16.4 Å². The number of carbonyl (C=O) groups is 1. The molecule has 8 nitrogen and oxygen atoms in total. The van der Waals surface area contributed by atoms with Gasteiger partial charge >= 0.3 is 5.76 Å². The molecule has 4 rings (SSSR count). The lowest BCUT2D eigenvalue weighted by molar-refractivity contribution is -0.132. The molecule has 2 heterocycles. The van der Waals surface area contributed by atoms with E-state index >= 15 is 0 Å². The Hall–Kier alpha value is -3.48. The molecule has 1 aliphatic heterocycles. The van der Waals surface area contributed by atoms with Gasteiger partial charge < -0.3 is 19.8 Å². The lowest BCUT2D eigenvalue weighted by atomic mass is 10.0. The number of hydrogen-bond acceptors (Lipinski definition) is 6. The normalized spacial score (nSPS) is 17.5. The minimum absolute atomic E-state index is 0.0710. The van der Waals surface area contributed by atoms with Crippen molar-refractivity contribution in [3.05, 3.63) is 58.3 Å². The molecule has 166 valence electrons. The molecule has 1 aliphatic rings. The van der Waals surface area contributed by atoms with E-state index in [0.29, 0.717) is 30.7 Å². The molecule has 0 bridgehead atoms. The molecule has 1 fully saturated rings. The van der Waals surface area contributed by atoms with Crippen molar-refractivity contribution in [3.8, 4) is 17.2 Å². The third-order valence-electron chi connectivity index (χ3n) is 5.49. The number of halogens is 1. The first-order chi connectivity index (χ1) is 15.5. The maximum absolute atomic E-state index is 14.4. The first-order valence-electron chi connectivity index (χ1n) is 10.4. The van der Waals surface area contributed by atoms with Crippen molar-refractivity contribution in [3.63, 3.8) is 0 Å². The lowest BCUT2D eigenvalue weighted by Gasteiger charge is -2.18. The third-order valence-corrected chi connectivity index (χ3v) is 5.49. The molecular weight excluding hydrogens is 415 g/mol. The molecule has 2 aromatic carbocycles. The molecule has 0 unspecified atom stereocenters. The monoisotopic (exact) mass is 438 g/mol. The van der Waals surface area contributed by atoms with Gasteiger partial charge in [-0.05, 0) is 41.8 Å². The van der Waals surface area contributed by atoms with Crippen molar-refractivity contribution in [1.82, 2.24) is 15.2 Å². The van der Waals surface area contributed by atoms with Crippen LogP contribution in [0.25, 0.3) is 22.2 Å². The van der Waals surface area contributed by atoms with Gasteiger partial charge in [0, 0.05) is 26.6 Å². The van der Waals surface area contributed by atoms with E-state index in [1.165, 1.54) is 17.7 Å². The van der Waals surface area contributed by atoms with Gasteiger partial charge in [0.15, 0.2) is 11.4 Å². The number of aromatic nitrogens is 1. The Kier molecular flexibility index (Phi) is 6.35. The van der Waals surface area contributed by atoms with Crippen LogP contribution in [0.5, 0.6) is 0 Å². The second kappa shape index (κ2) is 9.34. The number of nitriles is 1. The van der Waals surface area contributed by atoms with Gasteiger partial charge in [0.25, 0.3) is 5.91 Å². The van der Waals surface area contributed by atoms with Crippen LogP contribution in [0.4, 0.5) is 4.39 Å². The summed E-state index contributed by atoms with van der Waals surface area (Å²) in [7, 11) is 1.52. The van der Waals surface area contributed by atoms with Gasteiger partial charge in [-0.1, -0.05) is 24.3 Å². The highest BCUT2D eigenvalue weighted by Crippen LogP contribution is 2.27. The SMILES string of the molecule is Cn1c(=O)oc2c(F)cc(-c3ccc(C[C@@H](C#N)NC(=O)[C@@H]4CNCCCO4)cc3)cc21. The van der Waals surface area contributed by atoms with Gasteiger partial charge in [0.1, 0.15) is 12.1 Å². The number of ether oxygens (including phenoxy) is 1. The van der Waals surface area contributed by atoms with Crippen LogP contribution in [0.3, 0.4) is 0 Å². The predicted molar refractivity (Wildman–Crippen MR) is 115 cm³/mol. The number of nitrogens with zero attached hydrogens (tertiary/aromatic N) is 2. The summed E-state index contributed by atoms with van der Waals surface area (Å²) < 4.78 is 26.1. The van der Waals surface area contributed by atoms with Crippen LogP contribution in [0.1, 0.15) is 12.0 Å². The third kappa shape index (κ3) is 4.56. The van der Waals surface area contributed by atoms with E-state index in [1.54, 1.807) is 6.07 Å². The molecule has 1 amide bonds. The zero-order chi connectivity index (χ0) is 22.7. The highest BCUT2D eigenvalue weighted by atomic mass is 19.1. The van der Waals surface area contributed by atoms with Gasteiger partial charge in [-0.15, -0.1) is 0 Å². The van der Waals surface area contributed by atoms with Crippen molar-refractivity contribution < 1.29 is 18.3 Å². The number of amides is 1. The zero-order valence-electron chi connectivity index (χ0n) is 17.6. The molecule has 0 spiro atoms. The van der Waals surface area contributed by atoms with Crippen molar-refractivity contribution in [1.29, 1.82) is 5.26 Å². The van der Waals surface area contributed by atoms with E-state index in [-0.39, 0.29) is 11.5 Å². The fraction of sp³-hybridized carbons (Fsp3) is 0.348. The first kappa shape index (κ1) is 21.7. The number of oxazole rings is 1. The number of carbonyl (C=O) groups excluding carboxylic acids is 1. The molecule has 0 radical (unpaired) electrons. The molecule has 2 N–H and O–H groups in total. The Bertz CT molecular complexity index is 1220. The minimum atomic E-state index is -0.700. The van der Waals surface area contributed by atoms with Gasteiger partial charge in [-0.3, -0.25) is 9.36 Å². The fourth-order valence-electron chi connectivity index (χ4n) is 3.70. The Morgan fingerprint density at radius 2 is 2.12 bits per heavy atom. The Morgan fingerprint density at radius 3 is 2.88 bits per heavy atom. The van der Waals surface area contributed by atoms with Gasteiger partial charge in [0.2, 0.25) is 0 Å². The Balaban J connectivity index is 1.47. The highest BCUT2D eigenvalue weighted by molar-refractivity contribution is 5.82. The Labute approximate surface area is 183 Å². The van der Waals surface area contributed by atoms with Crippen LogP contribution >= 0.6 is 0 Å². The smallest absolute Gasteiger partial charge is 0.405 e. The summed E-state index contributed by atoms with van der Waals surface area (Å²) in [6.07, 6.45) is 0.553. The molecule has 1 saturated heterocycles. The van der Waals surface area contributed by atoms with E-state index in [1.807, 2.05) is 24.3 Å². The van der Waals surface area contributed by atoms with Gasteiger partial charge in [0.05, 0.1) is 11.6 Å². The number of aryl methyl sites for hydroxylation is 1. The molecular formula is C23H23FN4O4. The largest absolute Gasteiger partial charge is 0.419 e. The van der Waals surface area contributed by atoms with Crippen molar-refractivity contribution in [2.45, 2.75) is 25.0 Å². The summed E-state index contributed by atoms with van der Waals surface area (Å²) in [6, 6.07) is 11.7. The average molecular weight is 438 g/mol. The molecule has 2 atom stereocenters. The zero-order valence-corrected chi connectivity index (χ0v) is 17.6. The van der Waals surface area contributed by atoms with E-state index in [0.717, 1.165) is 24.1 Å². The predicted octanol–water partition coefficient (Wildman–Crippen LogP) is 1.87. The molecule has 32 heavy (non-hydrogen) atoms. The van der Waals surface area contributed by atoms with Crippen molar-refractivity contribution in [2.75, 3.05) is 19.7 Å².